The Morgan fingerprint density at radius 2 is 1.43 bits per heavy atom. The van der Waals surface area contributed by atoms with Crippen LogP contribution in [0.5, 0.6) is 0 Å². The van der Waals surface area contributed by atoms with Crippen LogP contribution in [0.2, 0.25) is 0 Å². The molecule has 0 saturated carbocycles. The third-order valence-corrected chi connectivity index (χ3v) is 3.52. The van der Waals surface area contributed by atoms with Crippen molar-refractivity contribution in [2.75, 3.05) is 0 Å². The highest BCUT2D eigenvalue weighted by molar-refractivity contribution is 5.14. The lowest BCUT2D eigenvalue weighted by Gasteiger charge is -2.09. The van der Waals surface area contributed by atoms with E-state index in [2.05, 4.69) is 25.7 Å². The zero-order valence-electron chi connectivity index (χ0n) is 13.8. The lowest BCUT2D eigenvalue weighted by molar-refractivity contribution is 0.148. The van der Waals surface area contributed by atoms with Crippen molar-refractivity contribution in [2.24, 2.45) is 0 Å². The lowest BCUT2D eigenvalue weighted by atomic mass is 10.0. The molecule has 1 atom stereocenters. The summed E-state index contributed by atoms with van der Waals surface area (Å²) in [5.41, 5.74) is 0. The summed E-state index contributed by atoms with van der Waals surface area (Å²) in [7, 11) is 0. The minimum absolute atomic E-state index is 0.101. The van der Waals surface area contributed by atoms with Crippen LogP contribution in [0.15, 0.2) is 49.1 Å². The summed E-state index contributed by atoms with van der Waals surface area (Å²) in [5, 5.41) is 9.90. The zero-order chi connectivity index (χ0) is 15.6. The predicted octanol–water partition coefficient (Wildman–Crippen LogP) is 6.12. The van der Waals surface area contributed by atoms with Gasteiger partial charge in [-0.3, -0.25) is 0 Å². The normalized spacial score (nSPS) is 13.6. The molecule has 0 amide bonds. The first kappa shape index (κ1) is 19.9. The second-order valence-corrected chi connectivity index (χ2v) is 5.57. The average molecular weight is 290 g/mol. The molecule has 0 aromatic heterocycles. The van der Waals surface area contributed by atoms with Gasteiger partial charge in [0.2, 0.25) is 0 Å². The molecule has 21 heavy (non-hydrogen) atoms. The summed E-state index contributed by atoms with van der Waals surface area (Å²) in [6.45, 7) is 5.85. The molecule has 1 unspecified atom stereocenters. The van der Waals surface area contributed by atoms with Gasteiger partial charge in [-0.2, -0.15) is 0 Å². The van der Waals surface area contributed by atoms with Crippen LogP contribution in [0, 0.1) is 0 Å². The van der Waals surface area contributed by atoms with Crippen molar-refractivity contribution in [1.29, 1.82) is 0 Å². The molecule has 0 spiro atoms. The minimum atomic E-state index is -0.101. The fraction of sp³-hybridized carbons (Fsp3) is 0.600. The second kappa shape index (κ2) is 17.0. The van der Waals surface area contributed by atoms with Crippen LogP contribution in [-0.2, 0) is 0 Å². The van der Waals surface area contributed by atoms with Gasteiger partial charge in [0.15, 0.2) is 0 Å². The molecule has 1 nitrogen and oxygen atoms in total. The molecule has 0 radical (unpaired) electrons. The Kier molecular flexibility index (Phi) is 16.1. The van der Waals surface area contributed by atoms with Crippen molar-refractivity contribution < 1.29 is 5.11 Å². The van der Waals surface area contributed by atoms with E-state index in [9.17, 15) is 5.11 Å². The van der Waals surface area contributed by atoms with Gasteiger partial charge in [0.1, 0.15) is 0 Å². The van der Waals surface area contributed by atoms with Gasteiger partial charge in [-0.15, -0.1) is 0 Å². The third kappa shape index (κ3) is 16.9. The Bertz CT molecular complexity index is 299. The molecular formula is C20H34O. The highest BCUT2D eigenvalue weighted by Crippen LogP contribution is 2.12. The molecule has 1 N–H and O–H groups in total. The molecule has 0 aromatic carbocycles. The van der Waals surface area contributed by atoms with Gasteiger partial charge in [-0.05, 0) is 25.7 Å². The number of aliphatic hydroxyl groups excluding tert-OH is 1. The van der Waals surface area contributed by atoms with E-state index >= 15 is 0 Å². The monoisotopic (exact) mass is 290 g/mol. The maximum atomic E-state index is 9.90. The Morgan fingerprint density at radius 1 is 0.810 bits per heavy atom. The van der Waals surface area contributed by atoms with E-state index in [0.717, 1.165) is 25.7 Å². The van der Waals surface area contributed by atoms with E-state index < -0.39 is 0 Å². The van der Waals surface area contributed by atoms with E-state index in [4.69, 9.17) is 0 Å². The van der Waals surface area contributed by atoms with E-state index in [1.54, 1.807) is 6.08 Å². The predicted molar refractivity (Wildman–Crippen MR) is 95.5 cm³/mol. The number of allylic oxidation sites excluding steroid dienone is 7. The van der Waals surface area contributed by atoms with E-state index in [1.807, 2.05) is 24.3 Å². The van der Waals surface area contributed by atoms with Gasteiger partial charge in [-0.25, -0.2) is 0 Å². The number of hydrogen-bond donors (Lipinski definition) is 1. The maximum absolute atomic E-state index is 9.90. The zero-order valence-corrected chi connectivity index (χ0v) is 13.8. The first-order chi connectivity index (χ1) is 10.3. The number of hydrogen-bond acceptors (Lipinski definition) is 1. The standard InChI is InChI=1S/C20H34O/c1-3-5-7-9-11-12-13-15-17-19-20(21)18-16-14-10-8-6-4-2/h3,5,7,9,11-13,20-21H,1,4,6,8,10,14-19H2,2H3/b7-5+,11-9+,13-12+. The number of aliphatic hydroxyl groups is 1. The Morgan fingerprint density at radius 3 is 2.19 bits per heavy atom. The molecule has 0 saturated heterocycles. The lowest BCUT2D eigenvalue weighted by Crippen LogP contribution is -2.05. The van der Waals surface area contributed by atoms with Crippen LogP contribution in [-0.4, -0.2) is 11.2 Å². The smallest absolute Gasteiger partial charge is 0.0540 e. The van der Waals surface area contributed by atoms with Crippen molar-refractivity contribution >= 4 is 0 Å². The van der Waals surface area contributed by atoms with E-state index in [-0.39, 0.29) is 6.10 Å². The quantitative estimate of drug-likeness (QED) is 0.302. The van der Waals surface area contributed by atoms with Crippen LogP contribution in [0.1, 0.15) is 71.1 Å². The molecule has 0 fully saturated rings. The summed E-state index contributed by atoms with van der Waals surface area (Å²) < 4.78 is 0. The van der Waals surface area contributed by atoms with Crippen LogP contribution >= 0.6 is 0 Å². The summed E-state index contributed by atoms with van der Waals surface area (Å²) in [5.74, 6) is 0. The maximum Gasteiger partial charge on any atom is 0.0540 e. The van der Waals surface area contributed by atoms with E-state index in [0.29, 0.717) is 0 Å². The molecule has 0 bridgehead atoms. The van der Waals surface area contributed by atoms with Gasteiger partial charge >= 0.3 is 0 Å². The van der Waals surface area contributed by atoms with Gasteiger partial charge in [-0.1, -0.05) is 94.6 Å². The summed E-state index contributed by atoms with van der Waals surface area (Å²) in [6, 6.07) is 0. The molecule has 0 rings (SSSR count). The summed E-state index contributed by atoms with van der Waals surface area (Å²) >= 11 is 0. The van der Waals surface area contributed by atoms with Crippen molar-refractivity contribution in [3.05, 3.63) is 49.1 Å². The molecule has 0 aromatic rings. The molecule has 0 aliphatic heterocycles. The van der Waals surface area contributed by atoms with Gasteiger partial charge in [0, 0.05) is 0 Å². The Hall–Kier alpha value is -1.08. The van der Waals surface area contributed by atoms with Crippen LogP contribution < -0.4 is 0 Å². The molecule has 0 aliphatic rings. The largest absolute Gasteiger partial charge is 0.393 e. The van der Waals surface area contributed by atoms with Crippen LogP contribution in [0.4, 0.5) is 0 Å². The SMILES string of the molecule is C=C/C=C/C=C/C=C/CCCC(O)CCCCCCCC. The fourth-order valence-electron chi connectivity index (χ4n) is 2.22. The first-order valence-corrected chi connectivity index (χ1v) is 8.60. The summed E-state index contributed by atoms with van der Waals surface area (Å²) in [6.07, 6.45) is 25.6. The minimum Gasteiger partial charge on any atom is -0.393 e. The molecule has 0 aliphatic carbocycles. The van der Waals surface area contributed by atoms with Gasteiger partial charge in [0.05, 0.1) is 6.10 Å². The van der Waals surface area contributed by atoms with Crippen LogP contribution in [0.3, 0.4) is 0 Å². The number of unbranched alkanes of at least 4 members (excludes halogenated alkanes) is 6. The fourth-order valence-corrected chi connectivity index (χ4v) is 2.22. The van der Waals surface area contributed by atoms with Crippen molar-refractivity contribution in [3.8, 4) is 0 Å². The average Bonchev–Trinajstić information content (AvgIpc) is 2.49. The topological polar surface area (TPSA) is 20.2 Å². The molecule has 1 heteroatoms. The third-order valence-electron chi connectivity index (χ3n) is 3.52. The first-order valence-electron chi connectivity index (χ1n) is 8.60. The highest BCUT2D eigenvalue weighted by atomic mass is 16.3. The van der Waals surface area contributed by atoms with Crippen molar-refractivity contribution in [3.63, 3.8) is 0 Å². The second-order valence-electron chi connectivity index (χ2n) is 5.57. The van der Waals surface area contributed by atoms with Gasteiger partial charge < -0.3 is 5.11 Å². The van der Waals surface area contributed by atoms with Crippen LogP contribution in [0.25, 0.3) is 0 Å². The molecule has 0 heterocycles. The van der Waals surface area contributed by atoms with Crippen molar-refractivity contribution in [2.45, 2.75) is 77.2 Å². The Labute approximate surface area is 132 Å². The highest BCUT2D eigenvalue weighted by Gasteiger charge is 2.02. The Balaban J connectivity index is 3.38. The number of rotatable bonds is 14. The van der Waals surface area contributed by atoms with E-state index in [1.165, 1.54) is 38.5 Å². The summed E-state index contributed by atoms with van der Waals surface area (Å²) in [4.78, 5) is 0. The van der Waals surface area contributed by atoms with Crippen molar-refractivity contribution in [1.82, 2.24) is 0 Å². The molecular weight excluding hydrogens is 256 g/mol. The van der Waals surface area contributed by atoms with Gasteiger partial charge in [0.25, 0.3) is 0 Å². The molecule has 120 valence electrons.